The standard InChI is InChI=1S/C20H33N5O5/c1-19(29)13-20(30-12-15(19)25-9-5-16(26)23-18(25)28)6-10-24(11-7-20)17(27)14(22)4-2-3-8-21/h5,9,14-15,29H,2-4,6-8,10-13,21-22H2,1H3,(H,23,26,28)/t14-,15+,19+/m1/s1. The molecule has 2 aliphatic rings. The number of aliphatic hydroxyl groups is 1. The van der Waals surface area contributed by atoms with Crippen LogP contribution in [0.4, 0.5) is 0 Å². The van der Waals surface area contributed by atoms with Gasteiger partial charge in [-0.05, 0) is 39.2 Å². The summed E-state index contributed by atoms with van der Waals surface area (Å²) >= 11 is 0. The lowest BCUT2D eigenvalue weighted by molar-refractivity contribution is -0.198. The highest BCUT2D eigenvalue weighted by Crippen LogP contribution is 2.43. The number of rotatable bonds is 6. The van der Waals surface area contributed by atoms with Crippen LogP contribution in [0.15, 0.2) is 21.9 Å². The quantitative estimate of drug-likeness (QED) is 0.430. The first-order valence-corrected chi connectivity index (χ1v) is 10.6. The zero-order valence-corrected chi connectivity index (χ0v) is 17.5. The summed E-state index contributed by atoms with van der Waals surface area (Å²) in [5, 5.41) is 11.1. The predicted octanol–water partition coefficient (Wildman–Crippen LogP) is -0.933. The van der Waals surface area contributed by atoms with Gasteiger partial charge in [-0.1, -0.05) is 6.42 Å². The average Bonchev–Trinajstić information content (AvgIpc) is 2.68. The van der Waals surface area contributed by atoms with Gasteiger partial charge in [-0.15, -0.1) is 0 Å². The Kier molecular flexibility index (Phi) is 6.81. The fourth-order valence-corrected chi connectivity index (χ4v) is 4.63. The minimum atomic E-state index is -1.20. The zero-order valence-electron chi connectivity index (χ0n) is 17.5. The number of unbranched alkanes of at least 4 members (excludes halogenated alkanes) is 1. The summed E-state index contributed by atoms with van der Waals surface area (Å²) in [7, 11) is 0. The molecule has 3 heterocycles. The van der Waals surface area contributed by atoms with E-state index in [1.54, 1.807) is 11.8 Å². The van der Waals surface area contributed by atoms with E-state index in [0.29, 0.717) is 45.3 Å². The maximum Gasteiger partial charge on any atom is 0.328 e. The molecule has 30 heavy (non-hydrogen) atoms. The first-order valence-electron chi connectivity index (χ1n) is 10.6. The second kappa shape index (κ2) is 9.01. The van der Waals surface area contributed by atoms with Gasteiger partial charge in [0.05, 0.1) is 29.9 Å². The molecule has 1 aromatic rings. The summed E-state index contributed by atoms with van der Waals surface area (Å²) in [6.07, 6.45) is 5.22. The highest BCUT2D eigenvalue weighted by atomic mass is 16.5. The smallest absolute Gasteiger partial charge is 0.328 e. The number of nitrogens with zero attached hydrogens (tertiary/aromatic N) is 2. The third kappa shape index (κ3) is 4.83. The Labute approximate surface area is 175 Å². The van der Waals surface area contributed by atoms with Crippen molar-refractivity contribution >= 4 is 5.91 Å². The minimum Gasteiger partial charge on any atom is -0.388 e. The first-order chi connectivity index (χ1) is 14.2. The summed E-state index contributed by atoms with van der Waals surface area (Å²) in [4.78, 5) is 40.1. The van der Waals surface area contributed by atoms with Gasteiger partial charge in [-0.25, -0.2) is 4.79 Å². The van der Waals surface area contributed by atoms with E-state index in [2.05, 4.69) is 4.98 Å². The summed E-state index contributed by atoms with van der Waals surface area (Å²) < 4.78 is 7.48. The van der Waals surface area contributed by atoms with Gasteiger partial charge < -0.3 is 26.2 Å². The molecule has 10 nitrogen and oxygen atoms in total. The highest BCUT2D eigenvalue weighted by Gasteiger charge is 2.50. The molecule has 10 heteroatoms. The Bertz CT molecular complexity index is 856. The monoisotopic (exact) mass is 423 g/mol. The molecule has 2 aliphatic heterocycles. The molecule has 2 saturated heterocycles. The Morgan fingerprint density at radius 3 is 2.67 bits per heavy atom. The number of piperidine rings is 1. The number of hydrogen-bond donors (Lipinski definition) is 4. The van der Waals surface area contributed by atoms with Crippen LogP contribution in [0, 0.1) is 0 Å². The molecule has 168 valence electrons. The van der Waals surface area contributed by atoms with Crippen LogP contribution in [0.5, 0.6) is 0 Å². The molecular weight excluding hydrogens is 390 g/mol. The fraction of sp³-hybridized carbons (Fsp3) is 0.750. The third-order valence-corrected chi connectivity index (χ3v) is 6.41. The van der Waals surface area contributed by atoms with E-state index in [1.807, 2.05) is 0 Å². The van der Waals surface area contributed by atoms with Crippen molar-refractivity contribution in [3.05, 3.63) is 33.1 Å². The van der Waals surface area contributed by atoms with E-state index >= 15 is 0 Å². The molecule has 0 saturated carbocycles. The number of H-pyrrole nitrogens is 1. The maximum absolute atomic E-state index is 12.6. The predicted molar refractivity (Wildman–Crippen MR) is 111 cm³/mol. The van der Waals surface area contributed by atoms with Gasteiger partial charge >= 0.3 is 5.69 Å². The SMILES string of the molecule is C[C@]1(O)CC2(CCN(C(=O)[C@H](N)CCCCN)CC2)OC[C@@H]1n1ccc(=O)[nH]c1=O. The Morgan fingerprint density at radius 1 is 1.37 bits per heavy atom. The summed E-state index contributed by atoms with van der Waals surface area (Å²) in [6, 6.07) is 0.128. The average molecular weight is 424 g/mol. The van der Waals surface area contributed by atoms with Crippen molar-refractivity contribution in [2.45, 2.75) is 68.7 Å². The number of hydrogen-bond acceptors (Lipinski definition) is 7. The number of carbonyl (C=O) groups is 1. The third-order valence-electron chi connectivity index (χ3n) is 6.41. The Hall–Kier alpha value is -2.01. The van der Waals surface area contributed by atoms with Crippen molar-refractivity contribution in [3.63, 3.8) is 0 Å². The second-order valence-electron chi connectivity index (χ2n) is 8.78. The number of ether oxygens (including phenoxy) is 1. The van der Waals surface area contributed by atoms with Crippen LogP contribution in [0.3, 0.4) is 0 Å². The molecule has 0 aromatic carbocycles. The largest absolute Gasteiger partial charge is 0.388 e. The Balaban J connectivity index is 1.62. The van der Waals surface area contributed by atoms with Gasteiger partial charge in [-0.2, -0.15) is 0 Å². The van der Waals surface area contributed by atoms with Crippen LogP contribution in [0.25, 0.3) is 0 Å². The van der Waals surface area contributed by atoms with E-state index in [1.165, 1.54) is 16.8 Å². The van der Waals surface area contributed by atoms with E-state index < -0.39 is 34.5 Å². The lowest BCUT2D eigenvalue weighted by Gasteiger charge is -2.51. The normalized spacial score (nSPS) is 27.2. The second-order valence-corrected chi connectivity index (χ2v) is 8.78. The highest BCUT2D eigenvalue weighted by molar-refractivity contribution is 5.81. The molecule has 1 aromatic heterocycles. The molecule has 0 aliphatic carbocycles. The minimum absolute atomic E-state index is 0.0536. The van der Waals surface area contributed by atoms with Crippen molar-refractivity contribution in [3.8, 4) is 0 Å². The molecule has 0 unspecified atom stereocenters. The molecule has 3 rings (SSSR count). The van der Waals surface area contributed by atoms with Crippen LogP contribution >= 0.6 is 0 Å². The molecule has 6 N–H and O–H groups in total. The lowest BCUT2D eigenvalue weighted by Crippen LogP contribution is -2.60. The lowest BCUT2D eigenvalue weighted by atomic mass is 9.75. The molecular formula is C20H33N5O5. The summed E-state index contributed by atoms with van der Waals surface area (Å²) in [5.41, 5.74) is 8.73. The van der Waals surface area contributed by atoms with Gasteiger partial charge in [0.2, 0.25) is 5.91 Å². The van der Waals surface area contributed by atoms with E-state index in [0.717, 1.165) is 12.8 Å². The number of likely N-dealkylation sites (tertiary alicyclic amines) is 1. The van der Waals surface area contributed by atoms with Gasteiger partial charge in [-0.3, -0.25) is 19.1 Å². The fourth-order valence-electron chi connectivity index (χ4n) is 4.63. The van der Waals surface area contributed by atoms with Crippen LogP contribution in [-0.4, -0.2) is 68.9 Å². The molecule has 0 bridgehead atoms. The van der Waals surface area contributed by atoms with Crippen LogP contribution < -0.4 is 22.7 Å². The number of carbonyl (C=O) groups excluding carboxylic acids is 1. The number of aromatic nitrogens is 2. The van der Waals surface area contributed by atoms with Crippen molar-refractivity contribution in [1.29, 1.82) is 0 Å². The number of amides is 1. The number of nitrogens with one attached hydrogen (secondary N) is 1. The molecule has 1 amide bonds. The van der Waals surface area contributed by atoms with E-state index in [9.17, 15) is 19.5 Å². The first kappa shape index (κ1) is 22.7. The van der Waals surface area contributed by atoms with Gasteiger partial charge in [0.25, 0.3) is 5.56 Å². The molecule has 2 fully saturated rings. The van der Waals surface area contributed by atoms with Gasteiger partial charge in [0, 0.05) is 31.8 Å². The summed E-state index contributed by atoms with van der Waals surface area (Å²) in [5.74, 6) is -0.0536. The van der Waals surface area contributed by atoms with Crippen LogP contribution in [-0.2, 0) is 9.53 Å². The molecule has 0 radical (unpaired) electrons. The van der Waals surface area contributed by atoms with Crippen LogP contribution in [0.1, 0.15) is 51.5 Å². The zero-order chi connectivity index (χ0) is 21.9. The van der Waals surface area contributed by atoms with Crippen LogP contribution in [0.2, 0.25) is 0 Å². The van der Waals surface area contributed by atoms with Crippen molar-refractivity contribution in [1.82, 2.24) is 14.5 Å². The van der Waals surface area contributed by atoms with Crippen molar-refractivity contribution in [2.24, 2.45) is 11.5 Å². The summed E-state index contributed by atoms with van der Waals surface area (Å²) in [6.45, 7) is 3.46. The van der Waals surface area contributed by atoms with Gasteiger partial charge in [0.1, 0.15) is 0 Å². The number of aromatic amines is 1. The van der Waals surface area contributed by atoms with E-state index in [-0.39, 0.29) is 12.5 Å². The van der Waals surface area contributed by atoms with Gasteiger partial charge in [0.15, 0.2) is 0 Å². The van der Waals surface area contributed by atoms with Crippen molar-refractivity contribution < 1.29 is 14.6 Å². The molecule has 3 atom stereocenters. The Morgan fingerprint density at radius 2 is 2.07 bits per heavy atom. The maximum atomic E-state index is 12.6. The molecule has 1 spiro atoms. The topological polar surface area (TPSA) is 157 Å². The van der Waals surface area contributed by atoms with Crippen molar-refractivity contribution in [2.75, 3.05) is 26.2 Å². The number of nitrogens with two attached hydrogens (primary N) is 2. The van der Waals surface area contributed by atoms with E-state index in [4.69, 9.17) is 16.2 Å².